The number of ether oxygens (including phenoxy) is 2. The summed E-state index contributed by atoms with van der Waals surface area (Å²) >= 11 is 0. The predicted octanol–water partition coefficient (Wildman–Crippen LogP) is 13.6. The third-order valence-corrected chi connectivity index (χ3v) is 9.37. The van der Waals surface area contributed by atoms with Crippen LogP contribution >= 0.6 is 7.82 Å². The van der Waals surface area contributed by atoms with Gasteiger partial charge in [-0.1, -0.05) is 163 Å². The largest absolute Gasteiger partial charge is 0.469 e. The van der Waals surface area contributed by atoms with Crippen LogP contribution in [0.4, 0.5) is 0 Å². The number of phosphoric acid groups is 1. The molecule has 0 amide bonds. The maximum absolute atomic E-state index is 12.4. The minimum absolute atomic E-state index is 0.170. The molecule has 0 heterocycles. The van der Waals surface area contributed by atoms with E-state index in [1.54, 1.807) is 0 Å². The van der Waals surface area contributed by atoms with Gasteiger partial charge in [-0.2, -0.15) is 0 Å². The molecule has 0 aromatic heterocycles. The molecule has 0 fully saturated rings. The van der Waals surface area contributed by atoms with Gasteiger partial charge < -0.3 is 19.3 Å². The molecule has 0 aliphatic carbocycles. The molecule has 0 unspecified atom stereocenters. The van der Waals surface area contributed by atoms with Crippen molar-refractivity contribution < 1.29 is 37.9 Å². The lowest BCUT2D eigenvalue weighted by molar-refractivity contribution is -0.161. The Morgan fingerprint density at radius 2 is 0.821 bits per heavy atom. The van der Waals surface area contributed by atoms with Gasteiger partial charge in [-0.3, -0.25) is 14.1 Å². The Morgan fingerprint density at radius 1 is 0.464 bits per heavy atom. The fourth-order valence-corrected chi connectivity index (χ4v) is 5.97. The molecule has 0 bridgehead atoms. The van der Waals surface area contributed by atoms with Crippen LogP contribution in [0.25, 0.3) is 0 Å². The number of allylic oxidation sites excluding steroid dienone is 14. The Labute approximate surface area is 342 Å². The highest BCUT2D eigenvalue weighted by Gasteiger charge is 2.22. The van der Waals surface area contributed by atoms with Crippen LogP contribution in [0.1, 0.15) is 181 Å². The Morgan fingerprint density at radius 3 is 1.29 bits per heavy atom. The van der Waals surface area contributed by atoms with Crippen molar-refractivity contribution in [2.75, 3.05) is 13.2 Å². The highest BCUT2D eigenvalue weighted by molar-refractivity contribution is 7.46. The van der Waals surface area contributed by atoms with E-state index in [9.17, 15) is 14.2 Å². The number of carbonyl (C=O) groups excluding carboxylic acids is 2. The van der Waals surface area contributed by atoms with E-state index >= 15 is 0 Å². The standard InChI is InChI=1S/C47H79O8P/c1-3-5-7-9-11-13-15-17-19-21-22-23-24-26-27-29-31-33-35-37-39-41-46(48)53-43-45(44-54-56(50,51)52)55-47(49)42-40-38-36-34-32-30-28-25-20-18-16-14-12-10-8-6-4-2/h12,14,18-21,23-24,27-30,33,35,45H,3-11,13,15-17,22,25-26,31-32,34,36-44H2,1-2H3,(H2,50,51,52)/b14-12+,20-18+,21-19+,24-23+,29-27+,30-28+,35-33+/t45-/m1/s1. The molecule has 2 N–H and O–H groups in total. The molecular formula is C47H79O8P. The Balaban J connectivity index is 4.06. The smallest absolute Gasteiger partial charge is 0.462 e. The van der Waals surface area contributed by atoms with Gasteiger partial charge in [0.15, 0.2) is 6.10 Å². The molecule has 0 saturated carbocycles. The minimum atomic E-state index is -4.78. The zero-order valence-corrected chi connectivity index (χ0v) is 36.1. The molecular weight excluding hydrogens is 723 g/mol. The highest BCUT2D eigenvalue weighted by Crippen LogP contribution is 2.36. The zero-order valence-electron chi connectivity index (χ0n) is 35.3. The molecule has 0 aromatic carbocycles. The van der Waals surface area contributed by atoms with Gasteiger partial charge in [0.05, 0.1) is 6.61 Å². The third kappa shape index (κ3) is 44.0. The summed E-state index contributed by atoms with van der Waals surface area (Å²) in [5.41, 5.74) is 0. The second-order valence-corrected chi connectivity index (χ2v) is 15.5. The summed E-state index contributed by atoms with van der Waals surface area (Å²) < 4.78 is 26.3. The van der Waals surface area contributed by atoms with E-state index in [1.165, 1.54) is 77.0 Å². The van der Waals surface area contributed by atoms with Crippen molar-refractivity contribution in [1.29, 1.82) is 0 Å². The lowest BCUT2D eigenvalue weighted by atomic mass is 10.1. The molecule has 8 nitrogen and oxygen atoms in total. The van der Waals surface area contributed by atoms with Gasteiger partial charge in [0.25, 0.3) is 0 Å². The van der Waals surface area contributed by atoms with Gasteiger partial charge in [-0.15, -0.1) is 0 Å². The Kier molecular flexibility index (Phi) is 39.8. The van der Waals surface area contributed by atoms with Crippen molar-refractivity contribution in [3.8, 4) is 0 Å². The zero-order chi connectivity index (χ0) is 41.1. The number of phosphoric ester groups is 1. The predicted molar refractivity (Wildman–Crippen MR) is 234 cm³/mol. The van der Waals surface area contributed by atoms with Crippen LogP contribution < -0.4 is 0 Å². The monoisotopic (exact) mass is 803 g/mol. The van der Waals surface area contributed by atoms with Gasteiger partial charge in [-0.05, 0) is 89.9 Å². The topological polar surface area (TPSA) is 119 Å². The maximum Gasteiger partial charge on any atom is 0.469 e. The average molecular weight is 803 g/mol. The van der Waals surface area contributed by atoms with E-state index in [2.05, 4.69) is 97.4 Å². The number of carbonyl (C=O) groups is 2. The van der Waals surface area contributed by atoms with Crippen molar-refractivity contribution in [1.82, 2.24) is 0 Å². The first-order chi connectivity index (χ1) is 27.3. The Bertz CT molecular complexity index is 1180. The van der Waals surface area contributed by atoms with Crippen LogP contribution in [0.3, 0.4) is 0 Å². The van der Waals surface area contributed by atoms with E-state index in [1.807, 2.05) is 6.08 Å². The summed E-state index contributed by atoms with van der Waals surface area (Å²) in [5.74, 6) is -0.982. The molecule has 56 heavy (non-hydrogen) atoms. The molecule has 0 radical (unpaired) electrons. The molecule has 9 heteroatoms. The number of hydrogen-bond donors (Lipinski definition) is 2. The summed E-state index contributed by atoms with van der Waals surface area (Å²) in [7, 11) is -4.78. The van der Waals surface area contributed by atoms with Gasteiger partial charge in [0.1, 0.15) is 6.61 Å². The van der Waals surface area contributed by atoms with E-state index in [4.69, 9.17) is 19.3 Å². The average Bonchev–Trinajstić information content (AvgIpc) is 3.17. The van der Waals surface area contributed by atoms with Crippen molar-refractivity contribution in [3.63, 3.8) is 0 Å². The lowest BCUT2D eigenvalue weighted by Crippen LogP contribution is -2.29. The minimum Gasteiger partial charge on any atom is -0.462 e. The number of rotatable bonds is 39. The molecule has 0 rings (SSSR count). The van der Waals surface area contributed by atoms with Crippen LogP contribution in [0.15, 0.2) is 85.1 Å². The second kappa shape index (κ2) is 41.9. The van der Waals surface area contributed by atoms with Crippen LogP contribution in [0, 0.1) is 0 Å². The van der Waals surface area contributed by atoms with E-state index < -0.39 is 32.5 Å². The first kappa shape index (κ1) is 53.2. The number of esters is 2. The molecule has 320 valence electrons. The van der Waals surface area contributed by atoms with E-state index in [0.29, 0.717) is 12.8 Å². The summed E-state index contributed by atoms with van der Waals surface area (Å²) in [6, 6.07) is 0. The van der Waals surface area contributed by atoms with Crippen molar-refractivity contribution in [2.24, 2.45) is 0 Å². The molecule has 1 atom stereocenters. The van der Waals surface area contributed by atoms with Gasteiger partial charge in [0, 0.05) is 12.8 Å². The highest BCUT2D eigenvalue weighted by atomic mass is 31.2. The SMILES string of the molecule is CCCCC/C=C/C/C=C/C/C=C/CCCCCCC(=O)O[C@H](COC(=O)CCC/C=C/C/C=C/C/C=C/C/C=C/CCCCCCCCC)COP(=O)(O)O. The summed E-state index contributed by atoms with van der Waals surface area (Å²) in [5, 5.41) is 0. The normalized spacial score (nSPS) is 13.3. The Hall–Kier alpha value is -2.77. The summed E-state index contributed by atoms with van der Waals surface area (Å²) in [4.78, 5) is 42.9. The molecule has 0 aromatic rings. The first-order valence-corrected chi connectivity index (χ1v) is 23.4. The quantitative estimate of drug-likeness (QED) is 0.0273. The number of unbranched alkanes of at least 4 members (excludes halogenated alkanes) is 15. The first-order valence-electron chi connectivity index (χ1n) is 21.9. The van der Waals surface area contributed by atoms with E-state index in [-0.39, 0.29) is 19.4 Å². The maximum atomic E-state index is 12.4. The van der Waals surface area contributed by atoms with Crippen LogP contribution in [0.5, 0.6) is 0 Å². The van der Waals surface area contributed by atoms with Gasteiger partial charge in [0.2, 0.25) is 0 Å². The summed E-state index contributed by atoms with van der Waals surface area (Å²) in [6.45, 7) is 3.58. The molecule has 0 saturated heterocycles. The molecule has 0 aliphatic rings. The van der Waals surface area contributed by atoms with Crippen molar-refractivity contribution >= 4 is 19.8 Å². The lowest BCUT2D eigenvalue weighted by Gasteiger charge is -2.18. The van der Waals surface area contributed by atoms with Crippen LogP contribution in [0.2, 0.25) is 0 Å². The molecule has 0 spiro atoms. The van der Waals surface area contributed by atoms with E-state index in [0.717, 1.165) is 64.2 Å². The second-order valence-electron chi connectivity index (χ2n) is 14.3. The fraction of sp³-hybridized carbons (Fsp3) is 0.660. The fourth-order valence-electron chi connectivity index (χ4n) is 5.61. The van der Waals surface area contributed by atoms with Gasteiger partial charge in [-0.25, -0.2) is 4.57 Å². The van der Waals surface area contributed by atoms with Crippen LogP contribution in [-0.4, -0.2) is 41.0 Å². The summed E-state index contributed by atoms with van der Waals surface area (Å²) in [6.07, 6.45) is 56.0. The van der Waals surface area contributed by atoms with Crippen molar-refractivity contribution in [3.05, 3.63) is 85.1 Å². The molecule has 0 aliphatic heterocycles. The van der Waals surface area contributed by atoms with Gasteiger partial charge >= 0.3 is 19.8 Å². The van der Waals surface area contributed by atoms with Crippen molar-refractivity contribution in [2.45, 2.75) is 187 Å². The van der Waals surface area contributed by atoms with Crippen LogP contribution in [-0.2, 0) is 28.2 Å². The third-order valence-electron chi connectivity index (χ3n) is 8.89. The number of hydrogen-bond acceptors (Lipinski definition) is 6.